The third-order valence-electron chi connectivity index (χ3n) is 6.09. The first kappa shape index (κ1) is 23.5. The van der Waals surface area contributed by atoms with Crippen LogP contribution in [0.3, 0.4) is 0 Å². The predicted molar refractivity (Wildman–Crippen MR) is 131 cm³/mol. The zero-order valence-corrected chi connectivity index (χ0v) is 20.4. The molecule has 0 radical (unpaired) electrons. The number of hydrogen-bond acceptors (Lipinski definition) is 6. The Hall–Kier alpha value is -2.65. The van der Waals surface area contributed by atoms with Crippen molar-refractivity contribution in [2.24, 2.45) is 5.92 Å². The van der Waals surface area contributed by atoms with Crippen LogP contribution in [-0.2, 0) is 27.5 Å². The number of nitrogens with one attached hydrogen (secondary N) is 2. The van der Waals surface area contributed by atoms with Gasteiger partial charge in [0.25, 0.3) is 5.91 Å². The largest absolute Gasteiger partial charge is 0.497 e. The highest BCUT2D eigenvalue weighted by atomic mass is 32.2. The molecule has 1 fully saturated rings. The number of methoxy groups -OCH3 is 1. The fourth-order valence-corrected chi connectivity index (χ4v) is 7.37. The van der Waals surface area contributed by atoms with Gasteiger partial charge < -0.3 is 15.4 Å². The predicted octanol–water partition coefficient (Wildman–Crippen LogP) is 3.45. The standard InChI is InChI=1S/C24H28N2O5S2/c1-15-3-9-19-20(13-15)32-24(22(19)23(28)25-17-11-12-33(29,30)14-17)26-21(27)10-6-16-4-7-18(31-2)8-5-16/h4-8,10,15,17H,3,9,11-14H2,1-2H3,(H,25,28)(H,26,27)/b10-6+/t15-,17+/m1/s1. The van der Waals surface area contributed by atoms with Gasteiger partial charge in [-0.15, -0.1) is 11.3 Å². The first-order valence-corrected chi connectivity index (χ1v) is 13.7. The van der Waals surface area contributed by atoms with Crippen molar-refractivity contribution in [2.45, 2.75) is 38.6 Å². The van der Waals surface area contributed by atoms with Crippen molar-refractivity contribution >= 4 is 44.1 Å². The second kappa shape index (κ2) is 9.69. The molecule has 2 aliphatic rings. The van der Waals surface area contributed by atoms with Crippen LogP contribution in [0, 0.1) is 5.92 Å². The summed E-state index contributed by atoms with van der Waals surface area (Å²) in [6, 6.07) is 6.94. The molecule has 1 aromatic carbocycles. The van der Waals surface area contributed by atoms with E-state index in [9.17, 15) is 18.0 Å². The summed E-state index contributed by atoms with van der Waals surface area (Å²) in [7, 11) is -1.50. The molecule has 176 valence electrons. The number of sulfone groups is 1. The molecular weight excluding hydrogens is 460 g/mol. The number of anilines is 1. The van der Waals surface area contributed by atoms with Gasteiger partial charge in [-0.3, -0.25) is 9.59 Å². The van der Waals surface area contributed by atoms with Gasteiger partial charge in [-0.25, -0.2) is 8.42 Å². The lowest BCUT2D eigenvalue weighted by molar-refractivity contribution is -0.111. The van der Waals surface area contributed by atoms with Crippen LogP contribution < -0.4 is 15.4 Å². The SMILES string of the molecule is COc1ccc(/C=C/C(=O)Nc2sc3c(c2C(=O)N[C@H]2CCS(=O)(=O)C2)CC[C@@H](C)C3)cc1. The molecule has 2 heterocycles. The number of rotatable bonds is 6. The van der Waals surface area contributed by atoms with Gasteiger partial charge in [0.1, 0.15) is 10.8 Å². The molecular formula is C24H28N2O5S2. The summed E-state index contributed by atoms with van der Waals surface area (Å²) >= 11 is 1.45. The van der Waals surface area contributed by atoms with Crippen molar-refractivity contribution in [3.8, 4) is 5.75 Å². The topological polar surface area (TPSA) is 102 Å². The van der Waals surface area contributed by atoms with Gasteiger partial charge in [-0.05, 0) is 60.9 Å². The van der Waals surface area contributed by atoms with Crippen molar-refractivity contribution < 1.29 is 22.7 Å². The fraction of sp³-hybridized carbons (Fsp3) is 0.417. The second-order valence-corrected chi connectivity index (χ2v) is 12.1. The van der Waals surface area contributed by atoms with Gasteiger partial charge in [-0.1, -0.05) is 19.1 Å². The number of amides is 2. The molecule has 2 atom stereocenters. The lowest BCUT2D eigenvalue weighted by Gasteiger charge is -2.19. The molecule has 2 N–H and O–H groups in total. The Balaban J connectivity index is 1.53. The smallest absolute Gasteiger partial charge is 0.254 e. The summed E-state index contributed by atoms with van der Waals surface area (Å²) in [5, 5.41) is 6.30. The number of carbonyl (C=O) groups excluding carboxylic acids is 2. The van der Waals surface area contributed by atoms with E-state index in [4.69, 9.17) is 4.74 Å². The second-order valence-electron chi connectivity index (χ2n) is 8.73. The quantitative estimate of drug-likeness (QED) is 0.607. The molecule has 0 unspecified atom stereocenters. The van der Waals surface area contributed by atoms with Crippen LogP contribution >= 0.6 is 11.3 Å². The zero-order valence-electron chi connectivity index (χ0n) is 18.7. The number of carbonyl (C=O) groups is 2. The highest BCUT2D eigenvalue weighted by Crippen LogP contribution is 2.39. The Labute approximate surface area is 198 Å². The highest BCUT2D eigenvalue weighted by molar-refractivity contribution is 7.91. The van der Waals surface area contributed by atoms with Crippen LogP contribution in [0.25, 0.3) is 6.08 Å². The number of benzene rings is 1. The van der Waals surface area contributed by atoms with Crippen LogP contribution in [0.1, 0.15) is 46.1 Å². The Bertz CT molecular complexity index is 1180. The maximum absolute atomic E-state index is 13.2. The minimum absolute atomic E-state index is 0.0333. The van der Waals surface area contributed by atoms with E-state index in [1.165, 1.54) is 17.4 Å². The van der Waals surface area contributed by atoms with Crippen LogP contribution in [0.5, 0.6) is 5.75 Å². The van der Waals surface area contributed by atoms with E-state index in [2.05, 4.69) is 17.6 Å². The number of fused-ring (bicyclic) bond motifs is 1. The molecule has 0 bridgehead atoms. The van der Waals surface area contributed by atoms with Crippen molar-refractivity contribution in [3.05, 3.63) is 51.9 Å². The van der Waals surface area contributed by atoms with Crippen molar-refractivity contribution in [1.82, 2.24) is 5.32 Å². The summed E-state index contributed by atoms with van der Waals surface area (Å²) in [6.45, 7) is 2.18. The molecule has 1 aromatic heterocycles. The maximum atomic E-state index is 13.2. The molecule has 0 spiro atoms. The first-order chi connectivity index (χ1) is 15.7. The van der Waals surface area contributed by atoms with Crippen molar-refractivity contribution in [2.75, 3.05) is 23.9 Å². The van der Waals surface area contributed by atoms with Gasteiger partial charge in [0.15, 0.2) is 9.84 Å². The summed E-state index contributed by atoms with van der Waals surface area (Å²) in [6.07, 6.45) is 6.18. The maximum Gasteiger partial charge on any atom is 0.254 e. The Morgan fingerprint density at radius 3 is 2.61 bits per heavy atom. The summed E-state index contributed by atoms with van der Waals surface area (Å²) in [5.41, 5.74) is 2.31. The van der Waals surface area contributed by atoms with E-state index in [1.807, 2.05) is 24.3 Å². The monoisotopic (exact) mass is 488 g/mol. The number of thiophene rings is 1. The van der Waals surface area contributed by atoms with Crippen LogP contribution in [0.2, 0.25) is 0 Å². The molecule has 2 aromatic rings. The van der Waals surface area contributed by atoms with Crippen LogP contribution in [0.4, 0.5) is 5.00 Å². The summed E-state index contributed by atoms with van der Waals surface area (Å²) in [5.74, 6) is 0.686. The molecule has 7 nitrogen and oxygen atoms in total. The lowest BCUT2D eigenvalue weighted by atomic mass is 9.88. The molecule has 2 amide bonds. The normalized spacial score (nSPS) is 21.5. The lowest BCUT2D eigenvalue weighted by Crippen LogP contribution is -2.36. The highest BCUT2D eigenvalue weighted by Gasteiger charge is 2.32. The Morgan fingerprint density at radius 2 is 1.94 bits per heavy atom. The third kappa shape index (κ3) is 5.65. The van der Waals surface area contributed by atoms with Crippen LogP contribution in [0.15, 0.2) is 30.3 Å². The molecule has 1 saturated heterocycles. The average molecular weight is 489 g/mol. The molecule has 4 rings (SSSR count). The number of ether oxygens (including phenoxy) is 1. The number of hydrogen-bond donors (Lipinski definition) is 2. The van der Waals surface area contributed by atoms with Gasteiger partial charge in [0, 0.05) is 17.0 Å². The minimum Gasteiger partial charge on any atom is -0.497 e. The Morgan fingerprint density at radius 1 is 1.18 bits per heavy atom. The third-order valence-corrected chi connectivity index (χ3v) is 9.02. The first-order valence-electron chi connectivity index (χ1n) is 11.0. The van der Waals surface area contributed by atoms with Gasteiger partial charge >= 0.3 is 0 Å². The van der Waals surface area contributed by atoms with Gasteiger partial charge in [0.05, 0.1) is 24.2 Å². The Kier molecular flexibility index (Phi) is 6.90. The fourth-order valence-electron chi connectivity index (χ4n) is 4.29. The zero-order chi connectivity index (χ0) is 23.6. The molecule has 1 aliphatic carbocycles. The van der Waals surface area contributed by atoms with Gasteiger partial charge in [0.2, 0.25) is 5.91 Å². The van der Waals surface area contributed by atoms with E-state index >= 15 is 0 Å². The van der Waals surface area contributed by atoms with Crippen molar-refractivity contribution in [3.63, 3.8) is 0 Å². The minimum atomic E-state index is -3.10. The van der Waals surface area contributed by atoms with E-state index in [-0.39, 0.29) is 29.4 Å². The van der Waals surface area contributed by atoms with E-state index in [0.717, 1.165) is 41.0 Å². The molecule has 1 aliphatic heterocycles. The average Bonchev–Trinajstić information content (AvgIpc) is 3.30. The van der Waals surface area contributed by atoms with Crippen LogP contribution in [-0.4, -0.2) is 44.9 Å². The van der Waals surface area contributed by atoms with Crippen molar-refractivity contribution in [1.29, 1.82) is 0 Å². The molecule has 33 heavy (non-hydrogen) atoms. The van der Waals surface area contributed by atoms with E-state index in [0.29, 0.717) is 22.9 Å². The van der Waals surface area contributed by atoms with E-state index < -0.39 is 9.84 Å². The molecule has 0 saturated carbocycles. The van der Waals surface area contributed by atoms with E-state index in [1.54, 1.807) is 13.2 Å². The van der Waals surface area contributed by atoms with Gasteiger partial charge in [-0.2, -0.15) is 0 Å². The molecule has 9 heteroatoms. The summed E-state index contributed by atoms with van der Waals surface area (Å²) < 4.78 is 28.7. The summed E-state index contributed by atoms with van der Waals surface area (Å²) in [4.78, 5) is 27.0.